The van der Waals surface area contributed by atoms with E-state index in [2.05, 4.69) is 0 Å². The number of Topliss-reactive ketones (excluding diaryl/α,β-unsaturated/α-hetero) is 1. The summed E-state index contributed by atoms with van der Waals surface area (Å²) in [6.07, 6.45) is 0.957. The molecule has 1 aliphatic heterocycles. The van der Waals surface area contributed by atoms with Crippen molar-refractivity contribution in [1.29, 1.82) is 0 Å². The van der Waals surface area contributed by atoms with Gasteiger partial charge in [0.2, 0.25) is 15.9 Å². The second-order valence-corrected chi connectivity index (χ2v) is 11.1. The Bertz CT molecular complexity index is 1030. The van der Waals surface area contributed by atoms with Gasteiger partial charge in [0.1, 0.15) is 0 Å². The molecule has 1 saturated heterocycles. The van der Waals surface area contributed by atoms with Crippen molar-refractivity contribution >= 4 is 44.7 Å². The van der Waals surface area contributed by atoms with Crippen LogP contribution < -0.4 is 0 Å². The van der Waals surface area contributed by atoms with Crippen molar-refractivity contribution in [2.24, 2.45) is 5.92 Å². The summed E-state index contributed by atoms with van der Waals surface area (Å²) in [4.78, 5) is 27.5. The second-order valence-electron chi connectivity index (χ2n) is 7.32. The van der Waals surface area contributed by atoms with E-state index in [0.717, 1.165) is 4.88 Å². The Kier molecular flexibility index (Phi) is 7.34. The van der Waals surface area contributed by atoms with Gasteiger partial charge in [0.15, 0.2) is 5.78 Å². The predicted octanol–water partition coefficient (Wildman–Crippen LogP) is 4.05. The van der Waals surface area contributed by atoms with E-state index in [9.17, 15) is 18.0 Å². The van der Waals surface area contributed by atoms with Gasteiger partial charge < -0.3 is 4.90 Å². The van der Waals surface area contributed by atoms with Crippen molar-refractivity contribution in [3.8, 4) is 0 Å². The maximum Gasteiger partial charge on any atom is 0.243 e. The number of sulfonamides is 1. The third-order valence-corrected chi connectivity index (χ3v) is 8.46. The van der Waals surface area contributed by atoms with Crippen LogP contribution in [0.3, 0.4) is 0 Å². The average molecular weight is 469 g/mol. The largest absolute Gasteiger partial charge is 0.338 e. The van der Waals surface area contributed by atoms with Gasteiger partial charge in [-0.05, 0) is 51.0 Å². The summed E-state index contributed by atoms with van der Waals surface area (Å²) >= 11 is 7.45. The van der Waals surface area contributed by atoms with Crippen molar-refractivity contribution in [3.05, 3.63) is 51.2 Å². The second kappa shape index (κ2) is 9.60. The van der Waals surface area contributed by atoms with Crippen LogP contribution >= 0.6 is 22.9 Å². The normalized spacial score (nSPS) is 15.8. The van der Waals surface area contributed by atoms with Crippen LogP contribution in [0.25, 0.3) is 0 Å². The minimum Gasteiger partial charge on any atom is -0.338 e. The molecule has 0 bridgehead atoms. The molecule has 1 aromatic carbocycles. The van der Waals surface area contributed by atoms with Crippen LogP contribution in [0.5, 0.6) is 0 Å². The molecule has 9 heteroatoms. The molecule has 0 aliphatic carbocycles. The van der Waals surface area contributed by atoms with E-state index in [0.29, 0.717) is 35.8 Å². The lowest BCUT2D eigenvalue weighted by Crippen LogP contribution is -2.44. The Labute approximate surface area is 186 Å². The number of hydrogen-bond acceptors (Lipinski definition) is 5. The molecule has 0 spiro atoms. The Balaban J connectivity index is 1.65. The molecule has 0 atom stereocenters. The lowest BCUT2D eigenvalue weighted by Gasteiger charge is -2.33. The Hall–Kier alpha value is -1.74. The lowest BCUT2D eigenvalue weighted by molar-refractivity contribution is -0.137. The summed E-state index contributed by atoms with van der Waals surface area (Å²) in [5.74, 6) is -0.323. The molecule has 30 heavy (non-hydrogen) atoms. The fourth-order valence-corrected chi connectivity index (χ4v) is 6.22. The van der Waals surface area contributed by atoms with Crippen LogP contribution in [0.2, 0.25) is 4.34 Å². The lowest BCUT2D eigenvalue weighted by atomic mass is 9.96. The standard InChI is InChI=1S/C21H25ClN2O4S2/c1-3-23(14-18-7-8-20(22)29-18)21(26)16-9-11-24(12-10-16)30(27,28)19-6-4-5-17(13-19)15(2)25/h4-8,13,16H,3,9-12,14H2,1-2H3. The van der Waals surface area contributed by atoms with Gasteiger partial charge in [0.05, 0.1) is 15.8 Å². The first-order chi connectivity index (χ1) is 14.2. The van der Waals surface area contributed by atoms with E-state index in [1.165, 1.54) is 34.7 Å². The van der Waals surface area contributed by atoms with Crippen molar-refractivity contribution in [2.45, 2.75) is 38.1 Å². The first-order valence-corrected chi connectivity index (χ1v) is 12.5. The number of thiophene rings is 1. The molecule has 3 rings (SSSR count). The molecular formula is C21H25ClN2O4S2. The van der Waals surface area contributed by atoms with Gasteiger partial charge in [-0.3, -0.25) is 9.59 Å². The van der Waals surface area contributed by atoms with E-state index in [-0.39, 0.29) is 35.6 Å². The molecule has 1 aliphatic rings. The average Bonchev–Trinajstić information content (AvgIpc) is 3.16. The molecule has 1 aromatic heterocycles. The number of rotatable bonds is 7. The van der Waals surface area contributed by atoms with Crippen LogP contribution in [0.4, 0.5) is 0 Å². The minimum atomic E-state index is -3.70. The number of carbonyl (C=O) groups is 2. The highest BCUT2D eigenvalue weighted by Gasteiger charge is 2.33. The van der Waals surface area contributed by atoms with Crippen molar-refractivity contribution in [3.63, 3.8) is 0 Å². The minimum absolute atomic E-state index is 0.0534. The SMILES string of the molecule is CCN(Cc1ccc(Cl)s1)C(=O)C1CCN(S(=O)(=O)c2cccc(C(C)=O)c2)CC1. The zero-order valence-corrected chi connectivity index (χ0v) is 19.4. The summed E-state index contributed by atoms with van der Waals surface area (Å²) in [5.41, 5.74) is 0.369. The van der Waals surface area contributed by atoms with Gasteiger partial charge in [0.25, 0.3) is 0 Å². The molecule has 0 unspecified atom stereocenters. The molecule has 0 radical (unpaired) electrons. The van der Waals surface area contributed by atoms with Crippen LogP contribution in [0.15, 0.2) is 41.3 Å². The molecule has 1 amide bonds. The number of halogens is 1. The topological polar surface area (TPSA) is 74.8 Å². The molecule has 0 saturated carbocycles. The Morgan fingerprint density at radius 3 is 2.47 bits per heavy atom. The molecular weight excluding hydrogens is 444 g/mol. The van der Waals surface area contributed by atoms with Gasteiger partial charge in [-0.2, -0.15) is 4.31 Å². The third kappa shape index (κ3) is 5.11. The number of hydrogen-bond donors (Lipinski definition) is 0. The van der Waals surface area contributed by atoms with E-state index < -0.39 is 10.0 Å². The van der Waals surface area contributed by atoms with Crippen LogP contribution in [0.1, 0.15) is 41.9 Å². The van der Waals surface area contributed by atoms with E-state index >= 15 is 0 Å². The molecule has 6 nitrogen and oxygen atoms in total. The molecule has 1 fully saturated rings. The maximum atomic E-state index is 13.0. The monoisotopic (exact) mass is 468 g/mol. The zero-order valence-electron chi connectivity index (χ0n) is 17.0. The number of ketones is 1. The van der Waals surface area contributed by atoms with Crippen LogP contribution in [0, 0.1) is 5.92 Å². The van der Waals surface area contributed by atoms with Gasteiger partial charge in [-0.25, -0.2) is 8.42 Å². The van der Waals surface area contributed by atoms with Crippen LogP contribution in [-0.4, -0.2) is 48.9 Å². The van der Waals surface area contributed by atoms with Gasteiger partial charge in [-0.1, -0.05) is 23.7 Å². The fraction of sp³-hybridized carbons (Fsp3) is 0.429. The van der Waals surface area contributed by atoms with Gasteiger partial charge >= 0.3 is 0 Å². The number of amides is 1. The smallest absolute Gasteiger partial charge is 0.243 e. The number of piperidine rings is 1. The predicted molar refractivity (Wildman–Crippen MR) is 118 cm³/mol. The summed E-state index contributed by atoms with van der Waals surface area (Å²) in [6.45, 7) is 5.02. The first kappa shape index (κ1) is 22.9. The third-order valence-electron chi connectivity index (χ3n) is 5.35. The molecule has 2 heterocycles. The van der Waals surface area contributed by atoms with Crippen molar-refractivity contribution < 1.29 is 18.0 Å². The van der Waals surface area contributed by atoms with Crippen LogP contribution in [-0.2, 0) is 21.4 Å². The highest BCUT2D eigenvalue weighted by Crippen LogP contribution is 2.27. The highest BCUT2D eigenvalue weighted by molar-refractivity contribution is 7.89. The van der Waals surface area contributed by atoms with E-state index in [4.69, 9.17) is 11.6 Å². The van der Waals surface area contributed by atoms with Crippen molar-refractivity contribution in [2.75, 3.05) is 19.6 Å². The quantitative estimate of drug-likeness (QED) is 0.574. The zero-order chi connectivity index (χ0) is 21.9. The first-order valence-electron chi connectivity index (χ1n) is 9.86. The Morgan fingerprint density at radius 1 is 1.20 bits per heavy atom. The molecule has 0 N–H and O–H groups in total. The maximum absolute atomic E-state index is 13.0. The molecule has 2 aromatic rings. The number of carbonyl (C=O) groups excluding carboxylic acids is 2. The molecule has 162 valence electrons. The van der Waals surface area contributed by atoms with Gasteiger partial charge in [0, 0.05) is 36.0 Å². The highest BCUT2D eigenvalue weighted by atomic mass is 35.5. The van der Waals surface area contributed by atoms with Crippen molar-refractivity contribution in [1.82, 2.24) is 9.21 Å². The summed E-state index contributed by atoms with van der Waals surface area (Å²) in [5, 5.41) is 0. The summed E-state index contributed by atoms with van der Waals surface area (Å²) in [6, 6.07) is 9.85. The Morgan fingerprint density at radius 2 is 1.90 bits per heavy atom. The number of benzene rings is 1. The fourth-order valence-electron chi connectivity index (χ4n) is 3.60. The summed E-state index contributed by atoms with van der Waals surface area (Å²) in [7, 11) is -3.70. The van der Waals surface area contributed by atoms with Gasteiger partial charge in [-0.15, -0.1) is 11.3 Å². The number of nitrogens with zero attached hydrogens (tertiary/aromatic N) is 2. The van der Waals surface area contributed by atoms with E-state index in [1.807, 2.05) is 19.1 Å². The van der Waals surface area contributed by atoms with E-state index in [1.54, 1.807) is 17.0 Å². The summed E-state index contributed by atoms with van der Waals surface area (Å²) < 4.78 is 28.1.